The molecule has 2 aromatic rings. The van der Waals surface area contributed by atoms with E-state index in [4.69, 9.17) is 4.74 Å². The van der Waals surface area contributed by atoms with Crippen molar-refractivity contribution in [3.63, 3.8) is 0 Å². The van der Waals surface area contributed by atoms with Gasteiger partial charge >= 0.3 is 12.1 Å². The normalized spacial score (nSPS) is 13.3. The summed E-state index contributed by atoms with van der Waals surface area (Å²) >= 11 is 0. The van der Waals surface area contributed by atoms with Crippen LogP contribution in [0, 0.1) is 0 Å². The molecule has 3 rings (SSSR count). The van der Waals surface area contributed by atoms with Crippen LogP contribution < -0.4 is 10.2 Å². The lowest BCUT2D eigenvalue weighted by molar-refractivity contribution is 0.0600. The Morgan fingerprint density at radius 3 is 2.65 bits per heavy atom. The maximum Gasteiger partial charge on any atom is 0.414 e. The first-order valence-corrected chi connectivity index (χ1v) is 8.08. The molecule has 1 aliphatic rings. The van der Waals surface area contributed by atoms with Crippen molar-refractivity contribution in [2.75, 3.05) is 25.2 Å². The lowest BCUT2D eigenvalue weighted by atomic mass is 10.1. The van der Waals surface area contributed by atoms with Gasteiger partial charge in [-0.05, 0) is 35.9 Å². The number of carbonyl (C=O) groups is 3. The number of hydrogen-bond acceptors (Lipinski definition) is 5. The highest BCUT2D eigenvalue weighted by atomic mass is 16.6. The van der Waals surface area contributed by atoms with Crippen LogP contribution in [-0.2, 0) is 16.0 Å². The predicted molar refractivity (Wildman–Crippen MR) is 94.1 cm³/mol. The van der Waals surface area contributed by atoms with Crippen molar-refractivity contribution in [1.82, 2.24) is 5.32 Å². The van der Waals surface area contributed by atoms with E-state index in [1.165, 1.54) is 13.2 Å². The van der Waals surface area contributed by atoms with Crippen molar-refractivity contribution in [1.29, 1.82) is 0 Å². The van der Waals surface area contributed by atoms with Gasteiger partial charge in [0.2, 0.25) is 0 Å². The van der Waals surface area contributed by atoms with Gasteiger partial charge < -0.3 is 14.8 Å². The number of amides is 2. The molecule has 0 unspecified atom stereocenters. The SMILES string of the molecule is COC(=O)c1cccc(C(=O)NCc2cccc(N3CCOC3=O)c2)c1. The smallest absolute Gasteiger partial charge is 0.414 e. The number of nitrogens with zero attached hydrogens (tertiary/aromatic N) is 1. The summed E-state index contributed by atoms with van der Waals surface area (Å²) in [5.41, 5.74) is 2.26. The van der Waals surface area contributed by atoms with E-state index in [2.05, 4.69) is 10.1 Å². The van der Waals surface area contributed by atoms with E-state index < -0.39 is 5.97 Å². The Hall–Kier alpha value is -3.35. The molecule has 7 heteroatoms. The van der Waals surface area contributed by atoms with Crippen molar-refractivity contribution < 1.29 is 23.9 Å². The van der Waals surface area contributed by atoms with Crippen LogP contribution in [0.1, 0.15) is 26.3 Å². The molecule has 0 bridgehead atoms. The third-order valence-corrected chi connectivity index (χ3v) is 3.98. The van der Waals surface area contributed by atoms with Gasteiger partial charge in [-0.15, -0.1) is 0 Å². The van der Waals surface area contributed by atoms with E-state index in [0.29, 0.717) is 24.3 Å². The second-order valence-electron chi connectivity index (χ2n) is 5.69. The Kier molecular flexibility index (Phi) is 5.17. The molecular weight excluding hydrogens is 336 g/mol. The van der Waals surface area contributed by atoms with E-state index in [1.54, 1.807) is 23.1 Å². The predicted octanol–water partition coefficient (Wildman–Crippen LogP) is 2.36. The number of hydrogen-bond donors (Lipinski definition) is 1. The summed E-state index contributed by atoms with van der Waals surface area (Å²) in [5.74, 6) is -0.799. The van der Waals surface area contributed by atoms with E-state index >= 15 is 0 Å². The van der Waals surface area contributed by atoms with Gasteiger partial charge in [0, 0.05) is 17.8 Å². The van der Waals surface area contributed by atoms with Gasteiger partial charge in [0.15, 0.2) is 0 Å². The van der Waals surface area contributed by atoms with Crippen LogP contribution in [0.4, 0.5) is 10.5 Å². The Morgan fingerprint density at radius 2 is 1.92 bits per heavy atom. The fraction of sp³-hybridized carbons (Fsp3) is 0.211. The maximum absolute atomic E-state index is 12.3. The lowest BCUT2D eigenvalue weighted by Gasteiger charge is -2.14. The van der Waals surface area contributed by atoms with Crippen molar-refractivity contribution in [3.05, 3.63) is 65.2 Å². The molecule has 1 saturated heterocycles. The number of methoxy groups -OCH3 is 1. The van der Waals surface area contributed by atoms with Crippen LogP contribution in [0.15, 0.2) is 48.5 Å². The molecule has 134 valence electrons. The average molecular weight is 354 g/mol. The summed E-state index contributed by atoms with van der Waals surface area (Å²) < 4.78 is 9.59. The quantitative estimate of drug-likeness (QED) is 0.833. The fourth-order valence-corrected chi connectivity index (χ4v) is 2.65. The molecule has 2 amide bonds. The fourth-order valence-electron chi connectivity index (χ4n) is 2.65. The summed E-state index contributed by atoms with van der Waals surface area (Å²) in [6, 6.07) is 13.6. The van der Waals surface area contributed by atoms with Crippen LogP contribution in [0.3, 0.4) is 0 Å². The molecule has 0 spiro atoms. The second-order valence-corrected chi connectivity index (χ2v) is 5.69. The number of cyclic esters (lactones) is 1. The molecule has 0 aliphatic carbocycles. The molecule has 1 heterocycles. The summed E-state index contributed by atoms with van der Waals surface area (Å²) in [4.78, 5) is 37.1. The minimum atomic E-state index is -0.496. The monoisotopic (exact) mass is 354 g/mol. The molecule has 0 radical (unpaired) electrons. The summed E-state index contributed by atoms with van der Waals surface area (Å²) in [6.45, 7) is 1.17. The Labute approximate surface area is 150 Å². The van der Waals surface area contributed by atoms with Crippen molar-refractivity contribution in [2.24, 2.45) is 0 Å². The first-order chi connectivity index (χ1) is 12.6. The summed E-state index contributed by atoms with van der Waals surface area (Å²) in [7, 11) is 1.29. The van der Waals surface area contributed by atoms with Crippen molar-refractivity contribution >= 4 is 23.7 Å². The van der Waals surface area contributed by atoms with E-state index in [1.807, 2.05) is 24.3 Å². The van der Waals surface area contributed by atoms with Gasteiger partial charge in [-0.1, -0.05) is 18.2 Å². The highest BCUT2D eigenvalue weighted by Crippen LogP contribution is 2.20. The number of ether oxygens (including phenoxy) is 2. The molecule has 1 fully saturated rings. The number of rotatable bonds is 5. The number of carbonyl (C=O) groups excluding carboxylic acids is 3. The lowest BCUT2D eigenvalue weighted by Crippen LogP contribution is -2.25. The molecule has 0 atom stereocenters. The van der Waals surface area contributed by atoms with Crippen LogP contribution >= 0.6 is 0 Å². The van der Waals surface area contributed by atoms with Crippen molar-refractivity contribution in [2.45, 2.75) is 6.54 Å². The number of benzene rings is 2. The highest BCUT2D eigenvalue weighted by molar-refractivity contribution is 5.97. The van der Waals surface area contributed by atoms with Gasteiger partial charge in [0.05, 0.1) is 19.2 Å². The van der Waals surface area contributed by atoms with Crippen molar-refractivity contribution in [3.8, 4) is 0 Å². The number of anilines is 1. The average Bonchev–Trinajstić information content (AvgIpc) is 3.11. The van der Waals surface area contributed by atoms with Crippen LogP contribution in [0.25, 0.3) is 0 Å². The van der Waals surface area contributed by atoms with Crippen LogP contribution in [-0.4, -0.2) is 38.2 Å². The first-order valence-electron chi connectivity index (χ1n) is 8.08. The second kappa shape index (κ2) is 7.69. The molecule has 1 aliphatic heterocycles. The molecule has 0 aromatic heterocycles. The zero-order valence-electron chi connectivity index (χ0n) is 14.2. The highest BCUT2D eigenvalue weighted by Gasteiger charge is 2.23. The Bertz CT molecular complexity index is 849. The molecular formula is C19H18N2O5. The third kappa shape index (κ3) is 3.83. The van der Waals surface area contributed by atoms with E-state index in [9.17, 15) is 14.4 Å². The maximum atomic E-state index is 12.3. The minimum absolute atomic E-state index is 0.290. The molecule has 7 nitrogen and oxygen atoms in total. The molecule has 2 aromatic carbocycles. The first kappa shape index (κ1) is 17.5. The van der Waals surface area contributed by atoms with Crippen LogP contribution in [0.5, 0.6) is 0 Å². The topological polar surface area (TPSA) is 84.9 Å². The Balaban J connectivity index is 1.66. The van der Waals surface area contributed by atoms with E-state index in [-0.39, 0.29) is 18.5 Å². The van der Waals surface area contributed by atoms with Gasteiger partial charge in [-0.3, -0.25) is 9.69 Å². The van der Waals surface area contributed by atoms with Gasteiger partial charge in [-0.2, -0.15) is 0 Å². The summed E-state index contributed by atoms with van der Waals surface area (Å²) in [6.07, 6.45) is -0.370. The van der Waals surface area contributed by atoms with E-state index in [0.717, 1.165) is 11.3 Å². The van der Waals surface area contributed by atoms with Gasteiger partial charge in [0.25, 0.3) is 5.91 Å². The minimum Gasteiger partial charge on any atom is -0.465 e. The number of esters is 1. The Morgan fingerprint density at radius 1 is 1.15 bits per heavy atom. The molecule has 26 heavy (non-hydrogen) atoms. The zero-order chi connectivity index (χ0) is 18.5. The summed E-state index contributed by atoms with van der Waals surface area (Å²) in [5, 5.41) is 2.80. The standard InChI is InChI=1S/C19H18N2O5/c1-25-18(23)15-6-3-5-14(11-15)17(22)20-12-13-4-2-7-16(10-13)21-8-9-26-19(21)24/h2-7,10-11H,8-9,12H2,1H3,(H,20,22). The molecule has 1 N–H and O–H groups in total. The van der Waals surface area contributed by atoms with Crippen LogP contribution in [0.2, 0.25) is 0 Å². The largest absolute Gasteiger partial charge is 0.465 e. The third-order valence-electron chi connectivity index (χ3n) is 3.98. The zero-order valence-corrected chi connectivity index (χ0v) is 14.2. The number of nitrogens with one attached hydrogen (secondary N) is 1. The van der Waals surface area contributed by atoms with Gasteiger partial charge in [-0.25, -0.2) is 9.59 Å². The molecule has 0 saturated carbocycles. The van der Waals surface area contributed by atoms with Gasteiger partial charge in [0.1, 0.15) is 6.61 Å².